The maximum absolute atomic E-state index is 12.1. The van der Waals surface area contributed by atoms with Crippen LogP contribution in [0.5, 0.6) is 34.5 Å². The minimum Gasteiger partial charge on any atom is -0.497 e. The summed E-state index contributed by atoms with van der Waals surface area (Å²) in [6.07, 6.45) is -126. The molecule has 6 unspecified atom stereocenters. The summed E-state index contributed by atoms with van der Waals surface area (Å²) >= 11 is 0. The monoisotopic (exact) mass is 1780 g/mol. The molecule has 0 aromatic heterocycles. The van der Waals surface area contributed by atoms with Crippen LogP contribution in [0.3, 0.4) is 0 Å². The van der Waals surface area contributed by atoms with E-state index in [1.165, 1.54) is 14.1 Å². The van der Waals surface area contributed by atoms with Crippen LogP contribution < -0.4 is 28.4 Å². The van der Waals surface area contributed by atoms with Crippen molar-refractivity contribution in [3.63, 3.8) is 0 Å². The first-order valence-corrected chi connectivity index (χ1v) is 33.7. The van der Waals surface area contributed by atoms with Crippen LogP contribution in [0, 0.1) is 0 Å². The Bertz CT molecular complexity index is 9180. The molecule has 6 aliphatic rings. The number of likely N-dealkylation sites (N-methyl/N-ethyl adjacent to an activating group) is 6. The van der Waals surface area contributed by atoms with Gasteiger partial charge < -0.3 is 88.5 Å². The SMILES string of the molecule is [2H]c1c([2H])c(C(C([2H])([2H])N(C([2H])([2H])[2H])C([2H])([2H])[2H])C2(O)C([2H])([2H])C([2H])([2H])C([2H])([2H])C([2H])([2H])C2([2H])[2H])c([2H])c([2H])c1OC.[2H]c1c([2H])c(C(C([2H])([2H])N(C)C([2H])([2H])[2H])C2(O)C([2H])([2H])C([2H])([2H])C([2H])([2H])C([2H])([2H])C2([2H])[2H])c([2H])c([2H])c1OC.[2H]c1c([2H])c(C([2H])(C([2H])([2H])N(C)C)C2(O)C([2H])([2H])C([2H])([2H])C([2H])([2H])C([2H])([2H])C2([2H])[2H])c([2H])c([2H])c1OC.[2H]c1c([2H])c(C([2H])(CN(C([2H])([2H])[2H])C([2H])([2H])[2H])C2(O)C([2H])([2H])C([2H])([2H])C([2H])([2H])C([2H])([2H])C2([2H])[2H])c([2H])c([2H])c1OC.[2H]c1c([2H])c(C([2H])(CN(C)C([2H])([2H])[2H])C2(O)C([2H])([2H])C([2H])([2H])C([2H])([2H])C([2H])([2H])C2([2H])[2H])c([2H])c([2H])c1OC.[2H]c1c([2H])c(C([2H])(CN(C)C)C2(O)C([2H])([2H])C([2H])([2H])C([2H])([2H])C([2H])([2H])C2([2H])[2H])c([2H])c([2H])c1OC. The molecule has 672 valence electrons. The molecule has 0 aliphatic heterocycles. The Hall–Kier alpha value is -6.36. The lowest BCUT2D eigenvalue weighted by atomic mass is 9.72. The number of nitrogens with zero attached hydrogens (tertiary/aromatic N) is 6. The molecule has 6 aliphatic carbocycles. The van der Waals surface area contributed by atoms with E-state index in [4.69, 9.17) is 176 Å². The van der Waals surface area contributed by atoms with Crippen molar-refractivity contribution in [2.75, 3.05) is 166 Å². The predicted molar refractivity (Wildman–Crippen MR) is 494 cm³/mol. The maximum Gasteiger partial charge on any atom is 0.118 e. The molecule has 12 rings (SSSR count). The van der Waals surface area contributed by atoms with E-state index in [0.717, 1.165) is 68.7 Å². The number of methoxy groups -OCH3 is 6. The first kappa shape index (κ1) is 26.9. The van der Waals surface area contributed by atoms with E-state index >= 15 is 0 Å². The highest BCUT2D eigenvalue weighted by molar-refractivity contribution is 5.37. The van der Waals surface area contributed by atoms with Crippen LogP contribution >= 0.6 is 0 Å². The normalized spacial score (nSPS) is 48.1. The van der Waals surface area contributed by atoms with E-state index in [1.54, 1.807) is 0 Å². The van der Waals surface area contributed by atoms with E-state index in [-0.39, 0.29) is 4.90 Å². The first-order chi connectivity index (χ1) is 101. The molecule has 18 heteroatoms. The van der Waals surface area contributed by atoms with E-state index in [1.807, 2.05) is 0 Å². The van der Waals surface area contributed by atoms with Gasteiger partial charge in [0.15, 0.2) is 0 Å². The molecule has 6 fully saturated rings. The minimum atomic E-state index is -4.71. The fourth-order valence-corrected chi connectivity index (χ4v) is 9.46. The van der Waals surface area contributed by atoms with Crippen molar-refractivity contribution < 1.29 is 213 Å². The highest BCUT2D eigenvalue weighted by Gasteiger charge is 2.45. The number of aliphatic hydroxyl groups is 6. The van der Waals surface area contributed by atoms with Gasteiger partial charge in [-0.2, -0.15) is 0 Å². The van der Waals surface area contributed by atoms with Gasteiger partial charge in [-0.3, -0.25) is 0 Å². The number of hydrogen-bond donors (Lipinski definition) is 6. The smallest absolute Gasteiger partial charge is 0.118 e. The highest BCUT2D eigenvalue weighted by atomic mass is 16.5. The van der Waals surface area contributed by atoms with Gasteiger partial charge in [-0.25, -0.2) is 0 Å². The number of rotatable bonds is 30. The third-order valence-corrected chi connectivity index (χ3v) is 14.9. The molecule has 6 atom stereocenters. The lowest BCUT2D eigenvalue weighted by Gasteiger charge is -2.40. The predicted octanol–water partition coefficient (Wildman–Crippen LogP) is 18.2. The van der Waals surface area contributed by atoms with Crippen LogP contribution in [0.2, 0.25) is 0 Å². The molecule has 0 bridgehead atoms. The van der Waals surface area contributed by atoms with Crippen molar-refractivity contribution in [3.05, 3.63) is 178 Å². The third-order valence-electron chi connectivity index (χ3n) is 14.9. The quantitative estimate of drug-likeness (QED) is 0.0249. The summed E-state index contributed by atoms with van der Waals surface area (Å²) in [6, 6.07) is -27.5. The average Bonchev–Trinajstić information content (AvgIpc) is 0.638. The van der Waals surface area contributed by atoms with Crippen molar-refractivity contribution in [3.8, 4) is 34.5 Å². The topological polar surface area (TPSA) is 196 Å². The molecule has 6 saturated carbocycles. The zero-order chi connectivity index (χ0) is 186. The number of hydrogen-bond acceptors (Lipinski definition) is 18. The van der Waals surface area contributed by atoms with Gasteiger partial charge >= 0.3 is 0 Å². The summed E-state index contributed by atoms with van der Waals surface area (Å²) in [5.41, 5.74) is -35.0. The van der Waals surface area contributed by atoms with Gasteiger partial charge in [-0.1, -0.05) is 187 Å². The molecule has 6 aromatic carbocycles. The van der Waals surface area contributed by atoms with Crippen molar-refractivity contribution in [1.82, 2.24) is 29.4 Å². The molecule has 120 heavy (non-hydrogen) atoms. The van der Waals surface area contributed by atoms with Crippen LogP contribution in [0.4, 0.5) is 0 Å². The van der Waals surface area contributed by atoms with Gasteiger partial charge in [-0.15, -0.1) is 0 Å². The Morgan fingerprint density at radius 3 is 0.692 bits per heavy atom. The van der Waals surface area contributed by atoms with Gasteiger partial charge in [0.2, 0.25) is 0 Å². The molecule has 0 amide bonds. The second-order valence-corrected chi connectivity index (χ2v) is 24.2. The fraction of sp³-hybridized carbons (Fsp3) is 0.647. The lowest BCUT2D eigenvalue weighted by molar-refractivity contribution is -0.0280. The second kappa shape index (κ2) is 50.0. The summed E-state index contributed by atoms with van der Waals surface area (Å²) in [7, 11) is 11.7. The van der Waals surface area contributed by atoms with Gasteiger partial charge in [0.1, 0.15) is 34.5 Å². The molecule has 6 N–H and O–H groups in total. The van der Waals surface area contributed by atoms with Gasteiger partial charge in [0.05, 0.1) is 109 Å². The largest absolute Gasteiger partial charge is 0.497 e. The Morgan fingerprint density at radius 2 is 0.467 bits per heavy atom. The second-order valence-electron chi connectivity index (χ2n) is 24.2. The summed E-state index contributed by atoms with van der Waals surface area (Å²) in [5.74, 6) is -26.3. The molecule has 0 heterocycles. The van der Waals surface area contributed by atoms with E-state index < -0.39 is 564 Å². The standard InChI is InChI=1S/6C17H27NO2/c6*1-18(2)13-16(17(19)11-5-4-6-12-17)14-7-9-15(20-3)10-8-14/h6*7-10,16,19H,4-6,11-13H2,1-3H3/i1D3,2D3,4D2,5D2,6D2,7D,8D,9D,10D,11D2,12D2,16D;1D3,2D3,4D2,5D2,6D2,7D,8D,9D,10D,11D2,12D2,13D2;4D2,5D2,6D2,7D,8D,9D,10D,11D2,12D2,13D2,16D;1D3,4D2,5D2,6D2,7D,8D,9D,10D,11D2,12D2,16D;1D3,4D2,5D2,6D2,7D,8D,9D,10D,11D2,12D2,13D2;4D2,5D2,6D2,7D,8D,9D,10D,11D2,12D2,16D. The van der Waals surface area contributed by atoms with Crippen LogP contribution in [-0.4, -0.2) is 260 Å². The van der Waals surface area contributed by atoms with Crippen molar-refractivity contribution in [2.45, 2.75) is 260 Å². The summed E-state index contributed by atoms with van der Waals surface area (Å²) in [6.45, 7) is -38.5. The highest BCUT2D eigenvalue weighted by Crippen LogP contribution is 2.47. The van der Waals surface area contributed by atoms with Crippen LogP contribution in [0.25, 0.3) is 0 Å². The molecular formula is C102H162N6O12. The van der Waals surface area contributed by atoms with Crippen molar-refractivity contribution in [2.24, 2.45) is 0 Å². The zero-order valence-electron chi connectivity index (χ0n) is 178. The van der Waals surface area contributed by atoms with Crippen molar-refractivity contribution >= 4 is 0 Å². The number of ether oxygens (including phenoxy) is 6. The van der Waals surface area contributed by atoms with Gasteiger partial charge in [0, 0.05) is 195 Å². The van der Waals surface area contributed by atoms with Gasteiger partial charge in [-0.05, 0) is 267 Å². The molecule has 6 aromatic rings. The summed E-state index contributed by atoms with van der Waals surface area (Å²) < 4.78 is 951. The zero-order valence-corrected chi connectivity index (χ0v) is 65.6. The average molecular weight is 1780 g/mol. The van der Waals surface area contributed by atoms with Gasteiger partial charge in [0.25, 0.3) is 0 Å². The maximum atomic E-state index is 12.1. The number of benzene rings is 6. The van der Waals surface area contributed by atoms with Crippen LogP contribution in [0.15, 0.2) is 145 Å². The Kier molecular flexibility index (Phi) is 11.2. The molecule has 0 saturated heterocycles. The summed E-state index contributed by atoms with van der Waals surface area (Å²) in [5, 5.41) is 71.9. The third kappa shape index (κ3) is 31.1. The molecule has 18 nitrogen and oxygen atoms in total. The van der Waals surface area contributed by atoms with E-state index in [2.05, 4.69) is 0 Å². The molecular weight excluding hydrogens is 1500 g/mol. The van der Waals surface area contributed by atoms with E-state index in [9.17, 15) is 36.1 Å². The Balaban J connectivity index is 0.000000367. The Morgan fingerprint density at radius 1 is 0.267 bits per heavy atom. The molecule has 0 spiro atoms. The Labute approximate surface area is 883 Å². The lowest BCUT2D eigenvalue weighted by Crippen LogP contribution is -2.42. The summed E-state index contributed by atoms with van der Waals surface area (Å²) in [4.78, 5) is 0.347. The molecule has 0 radical (unpaired) electrons. The van der Waals surface area contributed by atoms with E-state index in [0.29, 0.717) is 16.8 Å². The minimum absolute atomic E-state index is 0.125. The van der Waals surface area contributed by atoms with Crippen LogP contribution in [0.1, 0.15) is 414 Å². The first-order valence-electron chi connectivity index (χ1n) is 89.7. The fourth-order valence-electron chi connectivity index (χ4n) is 9.46. The van der Waals surface area contributed by atoms with Crippen molar-refractivity contribution in [1.29, 1.82) is 0 Å². The van der Waals surface area contributed by atoms with Crippen LogP contribution in [-0.2, 0) is 0 Å².